The number of nitrogens with zero attached hydrogens (tertiary/aromatic N) is 2. The molecule has 21 heavy (non-hydrogen) atoms. The maximum Gasteiger partial charge on any atom is 0.0726 e. The van der Waals surface area contributed by atoms with Crippen LogP contribution >= 0.6 is 0 Å². The van der Waals surface area contributed by atoms with Gasteiger partial charge in [-0.1, -0.05) is 18.2 Å². The molecule has 1 N–H and O–H groups in total. The van der Waals surface area contributed by atoms with Crippen LogP contribution in [0.15, 0.2) is 30.3 Å². The SMILES string of the molecule is CN(c1cc(CNC(C)(C)C)nc2ccccc12)C1CC1. The van der Waals surface area contributed by atoms with Crippen molar-refractivity contribution in [2.24, 2.45) is 0 Å². The molecular formula is C18H25N3. The molecule has 0 atom stereocenters. The van der Waals surface area contributed by atoms with E-state index >= 15 is 0 Å². The highest BCUT2D eigenvalue weighted by molar-refractivity contribution is 5.92. The van der Waals surface area contributed by atoms with Crippen molar-refractivity contribution in [3.8, 4) is 0 Å². The van der Waals surface area contributed by atoms with Crippen molar-refractivity contribution in [1.82, 2.24) is 10.3 Å². The van der Waals surface area contributed by atoms with Gasteiger partial charge in [-0.15, -0.1) is 0 Å². The van der Waals surface area contributed by atoms with Crippen LogP contribution in [0.2, 0.25) is 0 Å². The Hall–Kier alpha value is -1.61. The fourth-order valence-corrected chi connectivity index (χ4v) is 2.61. The Bertz CT molecular complexity index is 638. The monoisotopic (exact) mass is 283 g/mol. The van der Waals surface area contributed by atoms with Gasteiger partial charge in [-0.3, -0.25) is 4.98 Å². The lowest BCUT2D eigenvalue weighted by Crippen LogP contribution is -2.35. The summed E-state index contributed by atoms with van der Waals surface area (Å²) in [5.41, 5.74) is 3.63. The number of rotatable bonds is 4. The number of aromatic nitrogens is 1. The largest absolute Gasteiger partial charge is 0.371 e. The van der Waals surface area contributed by atoms with Gasteiger partial charge in [0.15, 0.2) is 0 Å². The molecule has 0 radical (unpaired) electrons. The van der Waals surface area contributed by atoms with Gasteiger partial charge in [0, 0.05) is 36.2 Å². The van der Waals surface area contributed by atoms with Gasteiger partial charge in [-0.05, 0) is 45.7 Å². The van der Waals surface area contributed by atoms with Crippen molar-refractivity contribution >= 4 is 16.6 Å². The molecule has 1 aliphatic rings. The molecule has 3 rings (SSSR count). The summed E-state index contributed by atoms with van der Waals surface area (Å²) in [5, 5.41) is 4.79. The molecule has 0 aliphatic heterocycles. The van der Waals surface area contributed by atoms with Crippen LogP contribution in [0.25, 0.3) is 10.9 Å². The second kappa shape index (κ2) is 5.30. The average molecular weight is 283 g/mol. The number of pyridine rings is 1. The van der Waals surface area contributed by atoms with Gasteiger partial charge in [-0.25, -0.2) is 0 Å². The van der Waals surface area contributed by atoms with Gasteiger partial charge in [0.05, 0.1) is 11.2 Å². The summed E-state index contributed by atoms with van der Waals surface area (Å²) in [6.07, 6.45) is 2.62. The molecule has 0 bridgehead atoms. The van der Waals surface area contributed by atoms with E-state index in [0.29, 0.717) is 6.04 Å². The minimum absolute atomic E-state index is 0.107. The second-order valence-corrected chi connectivity index (χ2v) is 7.10. The van der Waals surface area contributed by atoms with Crippen LogP contribution in [0.1, 0.15) is 39.3 Å². The lowest BCUT2D eigenvalue weighted by atomic mass is 10.1. The highest BCUT2D eigenvalue weighted by Crippen LogP contribution is 2.34. The van der Waals surface area contributed by atoms with Crippen LogP contribution in [-0.4, -0.2) is 23.6 Å². The number of fused-ring (bicyclic) bond motifs is 1. The molecule has 1 aromatic heterocycles. The Balaban J connectivity index is 1.98. The number of para-hydroxylation sites is 1. The summed E-state index contributed by atoms with van der Waals surface area (Å²) in [6.45, 7) is 7.36. The third kappa shape index (κ3) is 3.35. The van der Waals surface area contributed by atoms with Gasteiger partial charge in [0.2, 0.25) is 0 Å². The van der Waals surface area contributed by atoms with Crippen LogP contribution in [0.4, 0.5) is 5.69 Å². The quantitative estimate of drug-likeness (QED) is 0.927. The van der Waals surface area contributed by atoms with Crippen molar-refractivity contribution in [2.75, 3.05) is 11.9 Å². The van der Waals surface area contributed by atoms with E-state index in [0.717, 1.165) is 17.8 Å². The van der Waals surface area contributed by atoms with Crippen LogP contribution in [0.5, 0.6) is 0 Å². The minimum Gasteiger partial charge on any atom is -0.371 e. The molecular weight excluding hydrogens is 258 g/mol. The van der Waals surface area contributed by atoms with E-state index < -0.39 is 0 Å². The molecule has 3 heteroatoms. The summed E-state index contributed by atoms with van der Waals surface area (Å²) in [7, 11) is 2.21. The first kappa shape index (κ1) is 14.3. The van der Waals surface area contributed by atoms with E-state index in [1.54, 1.807) is 0 Å². The molecule has 1 aliphatic carbocycles. The third-order valence-corrected chi connectivity index (χ3v) is 4.02. The molecule has 1 saturated carbocycles. The fourth-order valence-electron chi connectivity index (χ4n) is 2.61. The average Bonchev–Trinajstić information content (AvgIpc) is 3.27. The summed E-state index contributed by atoms with van der Waals surface area (Å²) >= 11 is 0. The van der Waals surface area contributed by atoms with Crippen molar-refractivity contribution in [1.29, 1.82) is 0 Å². The van der Waals surface area contributed by atoms with Crippen molar-refractivity contribution in [3.63, 3.8) is 0 Å². The summed E-state index contributed by atoms with van der Waals surface area (Å²) in [5.74, 6) is 0. The van der Waals surface area contributed by atoms with E-state index in [4.69, 9.17) is 4.98 Å². The lowest BCUT2D eigenvalue weighted by Gasteiger charge is -2.23. The molecule has 0 saturated heterocycles. The first-order valence-corrected chi connectivity index (χ1v) is 7.80. The van der Waals surface area contributed by atoms with E-state index in [1.165, 1.54) is 23.9 Å². The molecule has 3 nitrogen and oxygen atoms in total. The Morgan fingerprint density at radius 1 is 1.24 bits per heavy atom. The highest BCUT2D eigenvalue weighted by atomic mass is 15.2. The number of nitrogens with one attached hydrogen (secondary N) is 1. The second-order valence-electron chi connectivity index (χ2n) is 7.10. The fraction of sp³-hybridized carbons (Fsp3) is 0.500. The number of hydrogen-bond donors (Lipinski definition) is 1. The molecule has 1 fully saturated rings. The van der Waals surface area contributed by atoms with E-state index in [2.05, 4.69) is 68.4 Å². The zero-order chi connectivity index (χ0) is 15.0. The van der Waals surface area contributed by atoms with Gasteiger partial charge in [0.25, 0.3) is 0 Å². The maximum absolute atomic E-state index is 4.81. The number of anilines is 1. The topological polar surface area (TPSA) is 28.2 Å². The van der Waals surface area contributed by atoms with Crippen LogP contribution in [0.3, 0.4) is 0 Å². The summed E-state index contributed by atoms with van der Waals surface area (Å²) < 4.78 is 0. The van der Waals surface area contributed by atoms with Gasteiger partial charge in [-0.2, -0.15) is 0 Å². The normalized spacial score (nSPS) is 15.4. The van der Waals surface area contributed by atoms with Gasteiger partial charge >= 0.3 is 0 Å². The molecule has 0 unspecified atom stereocenters. The Kier molecular flexibility index (Phi) is 3.62. The Morgan fingerprint density at radius 3 is 2.62 bits per heavy atom. The molecule has 0 amide bonds. The molecule has 1 heterocycles. The Labute approximate surface area is 127 Å². The molecule has 2 aromatic rings. The van der Waals surface area contributed by atoms with Crippen molar-refractivity contribution in [3.05, 3.63) is 36.0 Å². The zero-order valence-electron chi connectivity index (χ0n) is 13.5. The standard InChI is InChI=1S/C18H25N3/c1-18(2,3)19-12-13-11-17(21(4)14-9-10-14)15-7-5-6-8-16(15)20-13/h5-8,11,14,19H,9-10,12H2,1-4H3. The summed E-state index contributed by atoms with van der Waals surface area (Å²) in [6, 6.07) is 11.4. The first-order chi connectivity index (χ1) is 9.94. The van der Waals surface area contributed by atoms with E-state index in [9.17, 15) is 0 Å². The highest BCUT2D eigenvalue weighted by Gasteiger charge is 2.27. The molecule has 1 aromatic carbocycles. The number of hydrogen-bond acceptors (Lipinski definition) is 3. The van der Waals surface area contributed by atoms with Crippen LogP contribution in [-0.2, 0) is 6.54 Å². The molecule has 0 spiro atoms. The predicted molar refractivity (Wildman–Crippen MR) is 89.8 cm³/mol. The first-order valence-electron chi connectivity index (χ1n) is 7.80. The van der Waals surface area contributed by atoms with Gasteiger partial charge < -0.3 is 10.2 Å². The van der Waals surface area contributed by atoms with E-state index in [-0.39, 0.29) is 5.54 Å². The lowest BCUT2D eigenvalue weighted by molar-refractivity contribution is 0.421. The van der Waals surface area contributed by atoms with Gasteiger partial charge in [0.1, 0.15) is 0 Å². The van der Waals surface area contributed by atoms with Crippen LogP contribution < -0.4 is 10.2 Å². The smallest absolute Gasteiger partial charge is 0.0726 e. The van der Waals surface area contributed by atoms with Crippen molar-refractivity contribution < 1.29 is 0 Å². The maximum atomic E-state index is 4.81. The van der Waals surface area contributed by atoms with Crippen LogP contribution in [0, 0.1) is 0 Å². The van der Waals surface area contributed by atoms with Crippen molar-refractivity contribution in [2.45, 2.75) is 51.7 Å². The molecule has 112 valence electrons. The minimum atomic E-state index is 0.107. The zero-order valence-corrected chi connectivity index (χ0v) is 13.5. The third-order valence-electron chi connectivity index (χ3n) is 4.02. The predicted octanol–water partition coefficient (Wildman–Crippen LogP) is 3.72. The Morgan fingerprint density at radius 2 is 1.95 bits per heavy atom. The summed E-state index contributed by atoms with van der Waals surface area (Å²) in [4.78, 5) is 7.23. The number of benzene rings is 1. The van der Waals surface area contributed by atoms with E-state index in [1.807, 2.05) is 0 Å².